The van der Waals surface area contributed by atoms with Gasteiger partial charge >= 0.3 is 0 Å². The molecule has 2 aromatic rings. The van der Waals surface area contributed by atoms with Crippen LogP contribution < -0.4 is 4.74 Å². The minimum absolute atomic E-state index is 0.525. The molecule has 4 atom stereocenters. The van der Waals surface area contributed by atoms with Gasteiger partial charge in [-0.2, -0.15) is 0 Å². The summed E-state index contributed by atoms with van der Waals surface area (Å²) in [5.41, 5.74) is 3.60. The summed E-state index contributed by atoms with van der Waals surface area (Å²) in [5, 5.41) is 0. The van der Waals surface area contributed by atoms with E-state index in [-0.39, 0.29) is 0 Å². The Labute approximate surface area is 201 Å². The van der Waals surface area contributed by atoms with E-state index in [1.165, 1.54) is 56.9 Å². The fourth-order valence-corrected chi connectivity index (χ4v) is 5.82. The van der Waals surface area contributed by atoms with Crippen molar-refractivity contribution in [3.05, 3.63) is 90.0 Å². The first-order valence-corrected chi connectivity index (χ1v) is 12.8. The Morgan fingerprint density at radius 2 is 1.55 bits per heavy atom. The van der Waals surface area contributed by atoms with Crippen molar-refractivity contribution in [1.29, 1.82) is 0 Å². The summed E-state index contributed by atoms with van der Waals surface area (Å²) in [6.07, 6.45) is 17.5. The summed E-state index contributed by atoms with van der Waals surface area (Å²) in [7, 11) is 0. The van der Waals surface area contributed by atoms with E-state index in [1.807, 2.05) is 24.3 Å². The van der Waals surface area contributed by atoms with Crippen molar-refractivity contribution >= 4 is 0 Å². The number of fused-ring (bicyclic) bond motifs is 1. The number of ether oxygens (including phenoxy) is 1. The lowest BCUT2D eigenvalue weighted by Crippen LogP contribution is -2.30. The number of rotatable bonds is 7. The molecule has 4 unspecified atom stereocenters. The Morgan fingerprint density at radius 3 is 2.24 bits per heavy atom. The molecule has 2 aliphatic carbocycles. The monoisotopic (exact) mass is 438 g/mol. The van der Waals surface area contributed by atoms with Crippen LogP contribution in [0.15, 0.2) is 73.3 Å². The van der Waals surface area contributed by atoms with Gasteiger partial charge in [0.1, 0.15) is 12.4 Å². The molecule has 2 fully saturated rings. The molecule has 0 N–H and O–H groups in total. The lowest BCUT2D eigenvalue weighted by molar-refractivity contribution is 0.115. The molecule has 1 nitrogen and oxygen atoms in total. The van der Waals surface area contributed by atoms with E-state index >= 15 is 0 Å². The minimum atomic E-state index is 0.525. The Morgan fingerprint density at radius 1 is 0.879 bits per heavy atom. The molecule has 33 heavy (non-hydrogen) atoms. The van der Waals surface area contributed by atoms with E-state index in [0.29, 0.717) is 6.61 Å². The Hall–Kier alpha value is -2.72. The topological polar surface area (TPSA) is 9.23 Å². The predicted molar refractivity (Wildman–Crippen MR) is 140 cm³/mol. The average molecular weight is 439 g/mol. The maximum atomic E-state index is 5.53. The second kappa shape index (κ2) is 11.9. The molecule has 0 aromatic heterocycles. The molecule has 2 aromatic carbocycles. The first-order valence-electron chi connectivity index (χ1n) is 12.8. The van der Waals surface area contributed by atoms with Gasteiger partial charge in [0.2, 0.25) is 0 Å². The third-order valence-electron chi connectivity index (χ3n) is 7.65. The number of allylic oxidation sites excluding steroid dienone is 2. The summed E-state index contributed by atoms with van der Waals surface area (Å²) < 4.78 is 5.53. The summed E-state index contributed by atoms with van der Waals surface area (Å²) in [6.45, 7) is 6.34. The van der Waals surface area contributed by atoms with Gasteiger partial charge in [0, 0.05) is 11.1 Å². The highest BCUT2D eigenvalue weighted by atomic mass is 16.5. The first-order chi connectivity index (χ1) is 16.2. The molecule has 0 spiro atoms. The highest BCUT2D eigenvalue weighted by Crippen LogP contribution is 2.48. The SMILES string of the molecule is C=CCOc1ccc(C#Cc2ccc(C3CCC4CC(CC/C=C/C)CCC4C3)cc2)cc1. The van der Waals surface area contributed by atoms with Gasteiger partial charge in [-0.3, -0.25) is 0 Å². The maximum absolute atomic E-state index is 5.53. The van der Waals surface area contributed by atoms with Gasteiger partial charge in [-0.25, -0.2) is 0 Å². The quantitative estimate of drug-likeness (QED) is 0.312. The standard InChI is InChI=1S/C32H38O/c1-3-5-6-7-27-12-17-31-24-30(19-18-29(31)23-27)28-15-10-25(11-16-28)8-9-26-13-20-32(21-14-26)33-22-4-2/h3-5,10-11,13-16,20-21,27,29-31H,2,6-7,12,17-19,22-24H2,1H3/b5-3+. The molecule has 0 bridgehead atoms. The van der Waals surface area contributed by atoms with E-state index < -0.39 is 0 Å². The third-order valence-corrected chi connectivity index (χ3v) is 7.65. The second-order valence-electron chi connectivity index (χ2n) is 9.85. The third kappa shape index (κ3) is 6.64. The van der Waals surface area contributed by atoms with Crippen molar-refractivity contribution in [2.45, 2.75) is 64.2 Å². The Balaban J connectivity index is 1.30. The van der Waals surface area contributed by atoms with Gasteiger partial charge in [0.15, 0.2) is 0 Å². The van der Waals surface area contributed by atoms with Gasteiger partial charge in [-0.05, 0) is 118 Å². The lowest BCUT2D eigenvalue weighted by Gasteiger charge is -2.42. The summed E-state index contributed by atoms with van der Waals surface area (Å²) in [4.78, 5) is 0. The molecule has 2 saturated carbocycles. The van der Waals surface area contributed by atoms with Crippen LogP contribution in [0, 0.1) is 29.6 Å². The van der Waals surface area contributed by atoms with Crippen molar-refractivity contribution in [2.24, 2.45) is 17.8 Å². The average Bonchev–Trinajstić information content (AvgIpc) is 2.87. The fourth-order valence-electron chi connectivity index (χ4n) is 5.82. The normalized spacial score (nSPS) is 24.5. The Bertz CT molecular complexity index is 970. The number of hydrogen-bond acceptors (Lipinski definition) is 1. The largest absolute Gasteiger partial charge is 0.490 e. The van der Waals surface area contributed by atoms with E-state index in [2.05, 4.69) is 61.8 Å². The molecular formula is C32H38O. The van der Waals surface area contributed by atoms with Crippen LogP contribution in [0.4, 0.5) is 0 Å². The lowest BCUT2D eigenvalue weighted by atomic mass is 9.63. The Kier molecular flexibility index (Phi) is 8.48. The molecular weight excluding hydrogens is 400 g/mol. The summed E-state index contributed by atoms with van der Waals surface area (Å²) in [6, 6.07) is 17.0. The van der Waals surface area contributed by atoms with Crippen molar-refractivity contribution < 1.29 is 4.74 Å². The van der Waals surface area contributed by atoms with Crippen molar-refractivity contribution in [3.8, 4) is 17.6 Å². The van der Waals surface area contributed by atoms with Crippen molar-refractivity contribution in [1.82, 2.24) is 0 Å². The zero-order chi connectivity index (χ0) is 22.9. The second-order valence-corrected chi connectivity index (χ2v) is 9.85. The van der Waals surface area contributed by atoms with E-state index in [9.17, 15) is 0 Å². The number of hydrogen-bond donors (Lipinski definition) is 0. The van der Waals surface area contributed by atoms with Crippen LogP contribution >= 0.6 is 0 Å². The van der Waals surface area contributed by atoms with Crippen LogP contribution in [0.2, 0.25) is 0 Å². The van der Waals surface area contributed by atoms with Crippen LogP contribution in [0.3, 0.4) is 0 Å². The van der Waals surface area contributed by atoms with Crippen LogP contribution in [0.5, 0.6) is 5.75 Å². The minimum Gasteiger partial charge on any atom is -0.490 e. The van der Waals surface area contributed by atoms with Crippen LogP contribution in [-0.2, 0) is 0 Å². The van der Waals surface area contributed by atoms with Crippen molar-refractivity contribution in [2.75, 3.05) is 6.61 Å². The molecule has 2 aliphatic rings. The van der Waals surface area contributed by atoms with E-state index in [1.54, 1.807) is 6.08 Å². The van der Waals surface area contributed by atoms with Crippen LogP contribution in [-0.4, -0.2) is 6.61 Å². The highest BCUT2D eigenvalue weighted by molar-refractivity contribution is 5.45. The maximum Gasteiger partial charge on any atom is 0.119 e. The van der Waals surface area contributed by atoms with Gasteiger partial charge < -0.3 is 4.74 Å². The molecule has 0 radical (unpaired) electrons. The van der Waals surface area contributed by atoms with Crippen LogP contribution in [0.1, 0.15) is 80.9 Å². The predicted octanol–water partition coefficient (Wildman–Crippen LogP) is 8.31. The molecule has 0 aliphatic heterocycles. The molecule has 0 heterocycles. The van der Waals surface area contributed by atoms with Gasteiger partial charge in [0.25, 0.3) is 0 Å². The highest BCUT2D eigenvalue weighted by Gasteiger charge is 2.35. The molecule has 0 amide bonds. The summed E-state index contributed by atoms with van der Waals surface area (Å²) >= 11 is 0. The molecule has 172 valence electrons. The van der Waals surface area contributed by atoms with Gasteiger partial charge in [-0.1, -0.05) is 55.2 Å². The number of benzene rings is 2. The molecule has 0 saturated heterocycles. The van der Waals surface area contributed by atoms with Gasteiger partial charge in [0.05, 0.1) is 0 Å². The first kappa shape index (κ1) is 23.4. The van der Waals surface area contributed by atoms with E-state index in [0.717, 1.165) is 40.5 Å². The van der Waals surface area contributed by atoms with E-state index in [4.69, 9.17) is 4.74 Å². The fraction of sp³-hybridized carbons (Fsp3) is 0.438. The van der Waals surface area contributed by atoms with Crippen LogP contribution in [0.25, 0.3) is 0 Å². The zero-order valence-electron chi connectivity index (χ0n) is 20.1. The molecule has 4 rings (SSSR count). The zero-order valence-corrected chi connectivity index (χ0v) is 20.1. The van der Waals surface area contributed by atoms with Crippen molar-refractivity contribution in [3.63, 3.8) is 0 Å². The smallest absolute Gasteiger partial charge is 0.119 e. The van der Waals surface area contributed by atoms with Gasteiger partial charge in [-0.15, -0.1) is 0 Å². The molecule has 1 heteroatoms. The summed E-state index contributed by atoms with van der Waals surface area (Å²) in [5.74, 6) is 11.1.